The highest BCUT2D eigenvalue weighted by atomic mass is 32.1. The van der Waals surface area contributed by atoms with Crippen molar-refractivity contribution in [2.45, 2.75) is 51.7 Å². The SMILES string of the molecule is CCNCc1ccc(CN(C)C2CCCC2)s1. The Morgan fingerprint density at radius 2 is 2.00 bits per heavy atom. The first kappa shape index (κ1) is 13.1. The monoisotopic (exact) mass is 252 g/mol. The lowest BCUT2D eigenvalue weighted by Crippen LogP contribution is -2.28. The summed E-state index contributed by atoms with van der Waals surface area (Å²) in [5, 5.41) is 3.38. The summed E-state index contributed by atoms with van der Waals surface area (Å²) < 4.78 is 0. The Bertz CT molecular complexity index is 329. The van der Waals surface area contributed by atoms with Crippen LogP contribution in [0.3, 0.4) is 0 Å². The van der Waals surface area contributed by atoms with Crippen LogP contribution in [0.1, 0.15) is 42.4 Å². The van der Waals surface area contributed by atoms with Gasteiger partial charge in [-0.25, -0.2) is 0 Å². The summed E-state index contributed by atoms with van der Waals surface area (Å²) >= 11 is 1.96. The number of nitrogens with zero attached hydrogens (tertiary/aromatic N) is 1. The zero-order valence-electron chi connectivity index (χ0n) is 11.0. The number of rotatable bonds is 6. The van der Waals surface area contributed by atoms with Gasteiger partial charge in [0.25, 0.3) is 0 Å². The molecule has 0 bridgehead atoms. The van der Waals surface area contributed by atoms with Crippen LogP contribution in [0.15, 0.2) is 12.1 Å². The van der Waals surface area contributed by atoms with Gasteiger partial charge in [0, 0.05) is 28.9 Å². The van der Waals surface area contributed by atoms with E-state index in [1.54, 1.807) is 0 Å². The van der Waals surface area contributed by atoms with E-state index in [4.69, 9.17) is 0 Å². The van der Waals surface area contributed by atoms with Gasteiger partial charge in [0.15, 0.2) is 0 Å². The first-order valence-corrected chi connectivity index (χ1v) is 7.59. The van der Waals surface area contributed by atoms with Crippen LogP contribution in [0.4, 0.5) is 0 Å². The molecule has 1 aliphatic carbocycles. The van der Waals surface area contributed by atoms with E-state index in [9.17, 15) is 0 Å². The lowest BCUT2D eigenvalue weighted by molar-refractivity contribution is 0.239. The maximum atomic E-state index is 3.38. The zero-order valence-corrected chi connectivity index (χ0v) is 11.9. The van der Waals surface area contributed by atoms with Crippen LogP contribution < -0.4 is 5.32 Å². The molecule has 1 saturated carbocycles. The van der Waals surface area contributed by atoms with Gasteiger partial charge in [0.1, 0.15) is 0 Å². The predicted molar refractivity (Wildman–Crippen MR) is 75.4 cm³/mol. The molecule has 1 fully saturated rings. The molecule has 96 valence electrons. The second-order valence-corrected chi connectivity index (χ2v) is 6.25. The molecule has 0 saturated heterocycles. The minimum Gasteiger partial charge on any atom is -0.312 e. The van der Waals surface area contributed by atoms with Crippen molar-refractivity contribution in [2.24, 2.45) is 0 Å². The van der Waals surface area contributed by atoms with Crippen LogP contribution in [0.2, 0.25) is 0 Å². The normalized spacial score (nSPS) is 17.1. The molecule has 1 aliphatic rings. The van der Waals surface area contributed by atoms with Crippen molar-refractivity contribution in [2.75, 3.05) is 13.6 Å². The highest BCUT2D eigenvalue weighted by molar-refractivity contribution is 7.11. The summed E-state index contributed by atoms with van der Waals surface area (Å²) in [4.78, 5) is 5.50. The fourth-order valence-corrected chi connectivity index (χ4v) is 3.62. The van der Waals surface area contributed by atoms with Crippen LogP contribution in [-0.2, 0) is 13.1 Å². The molecule has 1 N–H and O–H groups in total. The molecule has 0 radical (unpaired) electrons. The predicted octanol–water partition coefficient (Wildman–Crippen LogP) is 3.23. The van der Waals surface area contributed by atoms with Gasteiger partial charge in [-0.3, -0.25) is 4.90 Å². The molecular weight excluding hydrogens is 228 g/mol. The smallest absolute Gasteiger partial charge is 0.0327 e. The molecule has 1 aromatic rings. The quantitative estimate of drug-likeness (QED) is 0.836. The van der Waals surface area contributed by atoms with E-state index in [1.807, 2.05) is 11.3 Å². The number of hydrogen-bond donors (Lipinski definition) is 1. The van der Waals surface area contributed by atoms with Crippen LogP contribution in [-0.4, -0.2) is 24.5 Å². The van der Waals surface area contributed by atoms with Gasteiger partial charge < -0.3 is 5.32 Å². The molecule has 3 heteroatoms. The van der Waals surface area contributed by atoms with E-state index in [2.05, 4.69) is 36.3 Å². The van der Waals surface area contributed by atoms with E-state index >= 15 is 0 Å². The largest absolute Gasteiger partial charge is 0.312 e. The summed E-state index contributed by atoms with van der Waals surface area (Å²) in [5.74, 6) is 0. The van der Waals surface area contributed by atoms with Gasteiger partial charge in [-0.1, -0.05) is 19.8 Å². The average molecular weight is 252 g/mol. The van der Waals surface area contributed by atoms with Crippen molar-refractivity contribution >= 4 is 11.3 Å². The van der Waals surface area contributed by atoms with E-state index in [-0.39, 0.29) is 0 Å². The summed E-state index contributed by atoms with van der Waals surface area (Å²) in [6.07, 6.45) is 5.63. The van der Waals surface area contributed by atoms with Crippen LogP contribution in [0.25, 0.3) is 0 Å². The fraction of sp³-hybridized carbons (Fsp3) is 0.714. The lowest BCUT2D eigenvalue weighted by atomic mass is 10.2. The highest BCUT2D eigenvalue weighted by Gasteiger charge is 2.19. The van der Waals surface area contributed by atoms with Crippen molar-refractivity contribution in [1.29, 1.82) is 0 Å². The molecule has 0 aliphatic heterocycles. The van der Waals surface area contributed by atoms with E-state index in [0.717, 1.165) is 25.7 Å². The Kier molecular flexibility index (Phi) is 5.01. The molecule has 0 aromatic carbocycles. The first-order chi connectivity index (χ1) is 8.29. The molecular formula is C14H24N2S. The Morgan fingerprint density at radius 3 is 2.71 bits per heavy atom. The van der Waals surface area contributed by atoms with Gasteiger partial charge >= 0.3 is 0 Å². The summed E-state index contributed by atoms with van der Waals surface area (Å²) in [5.41, 5.74) is 0. The van der Waals surface area contributed by atoms with Crippen LogP contribution in [0.5, 0.6) is 0 Å². The van der Waals surface area contributed by atoms with Gasteiger partial charge in [-0.15, -0.1) is 11.3 Å². The molecule has 0 amide bonds. The third-order valence-corrected chi connectivity index (χ3v) is 4.69. The van der Waals surface area contributed by atoms with Crippen LogP contribution in [0, 0.1) is 0 Å². The number of thiophene rings is 1. The Hall–Kier alpha value is -0.380. The Morgan fingerprint density at radius 1 is 1.29 bits per heavy atom. The molecule has 1 aromatic heterocycles. The molecule has 1 heterocycles. The van der Waals surface area contributed by atoms with Crippen molar-refractivity contribution in [3.8, 4) is 0 Å². The van der Waals surface area contributed by atoms with Gasteiger partial charge in [-0.2, -0.15) is 0 Å². The molecule has 2 rings (SSSR count). The maximum Gasteiger partial charge on any atom is 0.0327 e. The lowest BCUT2D eigenvalue weighted by Gasteiger charge is -2.23. The average Bonchev–Trinajstić information content (AvgIpc) is 2.97. The van der Waals surface area contributed by atoms with E-state index in [1.165, 1.54) is 35.4 Å². The van der Waals surface area contributed by atoms with Crippen molar-refractivity contribution in [3.63, 3.8) is 0 Å². The van der Waals surface area contributed by atoms with Crippen molar-refractivity contribution in [3.05, 3.63) is 21.9 Å². The van der Waals surface area contributed by atoms with Crippen molar-refractivity contribution in [1.82, 2.24) is 10.2 Å². The Labute approximate surface area is 109 Å². The Balaban J connectivity index is 1.83. The fourth-order valence-electron chi connectivity index (χ4n) is 2.57. The van der Waals surface area contributed by atoms with E-state index < -0.39 is 0 Å². The number of hydrogen-bond acceptors (Lipinski definition) is 3. The minimum absolute atomic E-state index is 0.828. The molecule has 17 heavy (non-hydrogen) atoms. The molecule has 0 atom stereocenters. The maximum absolute atomic E-state index is 3.38. The summed E-state index contributed by atoms with van der Waals surface area (Å²) in [7, 11) is 2.28. The molecule has 2 nitrogen and oxygen atoms in total. The number of nitrogens with one attached hydrogen (secondary N) is 1. The second kappa shape index (κ2) is 6.53. The second-order valence-electron chi connectivity index (χ2n) is 5.00. The minimum atomic E-state index is 0.828. The van der Waals surface area contributed by atoms with Gasteiger partial charge in [0.2, 0.25) is 0 Å². The third-order valence-electron chi connectivity index (χ3n) is 3.62. The molecule has 0 spiro atoms. The summed E-state index contributed by atoms with van der Waals surface area (Å²) in [6.45, 7) is 5.35. The highest BCUT2D eigenvalue weighted by Crippen LogP contribution is 2.25. The summed E-state index contributed by atoms with van der Waals surface area (Å²) in [6, 6.07) is 5.39. The van der Waals surface area contributed by atoms with Crippen molar-refractivity contribution < 1.29 is 0 Å². The van der Waals surface area contributed by atoms with Gasteiger partial charge in [-0.05, 0) is 38.6 Å². The standard InChI is InChI=1S/C14H24N2S/c1-3-15-10-13-8-9-14(17-13)11-16(2)12-6-4-5-7-12/h8-9,12,15H,3-7,10-11H2,1-2H3. The first-order valence-electron chi connectivity index (χ1n) is 6.78. The van der Waals surface area contributed by atoms with Gasteiger partial charge in [0.05, 0.1) is 0 Å². The van der Waals surface area contributed by atoms with Crippen LogP contribution >= 0.6 is 11.3 Å². The van der Waals surface area contributed by atoms with E-state index in [0.29, 0.717) is 0 Å². The third kappa shape index (κ3) is 3.80. The topological polar surface area (TPSA) is 15.3 Å². The molecule has 0 unspecified atom stereocenters. The zero-order chi connectivity index (χ0) is 12.1.